The fourth-order valence-electron chi connectivity index (χ4n) is 3.42. The van der Waals surface area contributed by atoms with E-state index in [1.807, 2.05) is 32.0 Å². The Morgan fingerprint density at radius 2 is 1.59 bits per heavy atom. The largest absolute Gasteiger partial charge is 0.480 e. The monoisotopic (exact) mass is 416 g/mol. The van der Waals surface area contributed by atoms with Crippen molar-refractivity contribution in [2.75, 3.05) is 18.4 Å². The van der Waals surface area contributed by atoms with Gasteiger partial charge in [-0.2, -0.15) is 4.31 Å². The Hall–Kier alpha value is -2.38. The lowest BCUT2D eigenvalue weighted by Gasteiger charge is -2.25. The van der Waals surface area contributed by atoms with Gasteiger partial charge in [0.1, 0.15) is 5.75 Å². The van der Waals surface area contributed by atoms with Crippen LogP contribution in [0.4, 0.5) is 5.69 Å². The molecule has 1 heterocycles. The van der Waals surface area contributed by atoms with Crippen molar-refractivity contribution >= 4 is 21.6 Å². The van der Waals surface area contributed by atoms with Crippen molar-refractivity contribution in [2.45, 2.75) is 51.0 Å². The minimum absolute atomic E-state index is 0.247. The molecule has 7 heteroatoms. The van der Waals surface area contributed by atoms with Crippen LogP contribution in [0.1, 0.15) is 37.3 Å². The van der Waals surface area contributed by atoms with E-state index < -0.39 is 16.1 Å². The molecule has 156 valence electrons. The molecule has 1 saturated heterocycles. The van der Waals surface area contributed by atoms with Crippen LogP contribution in [0.3, 0.4) is 0 Å². The maximum absolute atomic E-state index is 12.7. The maximum Gasteiger partial charge on any atom is 0.265 e. The van der Waals surface area contributed by atoms with Gasteiger partial charge in [-0.15, -0.1) is 0 Å². The molecule has 1 aliphatic rings. The van der Waals surface area contributed by atoms with E-state index in [1.54, 1.807) is 19.1 Å². The zero-order chi connectivity index (χ0) is 21.0. The summed E-state index contributed by atoms with van der Waals surface area (Å²) in [5, 5.41) is 2.79. The van der Waals surface area contributed by atoms with Crippen molar-refractivity contribution in [2.24, 2.45) is 0 Å². The van der Waals surface area contributed by atoms with Gasteiger partial charge >= 0.3 is 0 Å². The van der Waals surface area contributed by atoms with Crippen LogP contribution in [0.2, 0.25) is 0 Å². The van der Waals surface area contributed by atoms with Crippen LogP contribution < -0.4 is 10.1 Å². The van der Waals surface area contributed by atoms with E-state index in [1.165, 1.54) is 16.4 Å². The van der Waals surface area contributed by atoms with Crippen molar-refractivity contribution in [3.8, 4) is 5.75 Å². The Morgan fingerprint density at radius 1 is 1.00 bits per heavy atom. The number of piperidine rings is 1. The van der Waals surface area contributed by atoms with E-state index in [4.69, 9.17) is 4.74 Å². The number of carbonyl (C=O) groups is 1. The number of rotatable bonds is 6. The number of benzene rings is 2. The maximum atomic E-state index is 12.7. The molecule has 0 saturated carbocycles. The second-order valence-corrected chi connectivity index (χ2v) is 9.40. The van der Waals surface area contributed by atoms with E-state index >= 15 is 0 Å². The quantitative estimate of drug-likeness (QED) is 0.775. The molecule has 2 aromatic carbocycles. The number of hydrogen-bond donors (Lipinski definition) is 1. The van der Waals surface area contributed by atoms with E-state index in [9.17, 15) is 13.2 Å². The number of nitrogens with zero attached hydrogens (tertiary/aromatic N) is 1. The summed E-state index contributed by atoms with van der Waals surface area (Å²) in [6.45, 7) is 6.70. The predicted octanol–water partition coefficient (Wildman–Crippen LogP) is 3.88. The fourth-order valence-corrected chi connectivity index (χ4v) is 4.94. The molecule has 1 N–H and O–H groups in total. The number of amides is 1. The van der Waals surface area contributed by atoms with Crippen molar-refractivity contribution in [1.29, 1.82) is 0 Å². The third-order valence-corrected chi connectivity index (χ3v) is 7.06. The van der Waals surface area contributed by atoms with Gasteiger partial charge in [0.15, 0.2) is 6.10 Å². The van der Waals surface area contributed by atoms with Crippen LogP contribution >= 0.6 is 0 Å². The number of aryl methyl sites for hydroxylation is 2. The molecule has 1 fully saturated rings. The first-order valence-corrected chi connectivity index (χ1v) is 11.4. The lowest BCUT2D eigenvalue weighted by atomic mass is 10.1. The number of ether oxygens (including phenoxy) is 1. The second-order valence-electron chi connectivity index (χ2n) is 7.46. The Kier molecular flexibility index (Phi) is 6.59. The number of nitrogens with one attached hydrogen (secondary N) is 1. The highest BCUT2D eigenvalue weighted by atomic mass is 32.2. The first kappa shape index (κ1) is 21.3. The van der Waals surface area contributed by atoms with E-state index in [2.05, 4.69) is 5.32 Å². The fraction of sp³-hybridized carbons (Fsp3) is 0.409. The summed E-state index contributed by atoms with van der Waals surface area (Å²) in [4.78, 5) is 12.8. The predicted molar refractivity (Wildman–Crippen MR) is 114 cm³/mol. The van der Waals surface area contributed by atoms with Crippen LogP contribution in [0.25, 0.3) is 0 Å². The first-order valence-electron chi connectivity index (χ1n) is 9.93. The summed E-state index contributed by atoms with van der Waals surface area (Å²) >= 11 is 0. The Balaban J connectivity index is 1.65. The van der Waals surface area contributed by atoms with E-state index in [0.29, 0.717) is 24.5 Å². The molecule has 1 amide bonds. The van der Waals surface area contributed by atoms with Gasteiger partial charge < -0.3 is 10.1 Å². The highest BCUT2D eigenvalue weighted by molar-refractivity contribution is 7.89. The molecule has 3 rings (SSSR count). The highest BCUT2D eigenvalue weighted by Crippen LogP contribution is 2.25. The minimum Gasteiger partial charge on any atom is -0.480 e. The molecular weight excluding hydrogens is 388 g/mol. The molecule has 0 bridgehead atoms. The number of sulfonamides is 1. The summed E-state index contributed by atoms with van der Waals surface area (Å²) in [5.41, 5.74) is 2.47. The third kappa shape index (κ3) is 4.97. The molecule has 0 radical (unpaired) electrons. The van der Waals surface area contributed by atoms with Crippen molar-refractivity contribution < 1.29 is 17.9 Å². The third-order valence-electron chi connectivity index (χ3n) is 5.15. The zero-order valence-electron chi connectivity index (χ0n) is 17.1. The van der Waals surface area contributed by atoms with Crippen LogP contribution in [0.15, 0.2) is 47.4 Å². The molecule has 1 atom stereocenters. The topological polar surface area (TPSA) is 75.7 Å². The lowest BCUT2D eigenvalue weighted by Crippen LogP contribution is -2.35. The van der Waals surface area contributed by atoms with Gasteiger partial charge in [0.05, 0.1) is 4.90 Å². The van der Waals surface area contributed by atoms with Crippen LogP contribution in [0.5, 0.6) is 5.75 Å². The van der Waals surface area contributed by atoms with Gasteiger partial charge in [0.2, 0.25) is 10.0 Å². The molecule has 0 spiro atoms. The average Bonchev–Trinajstić information content (AvgIpc) is 2.71. The van der Waals surface area contributed by atoms with Gasteiger partial charge in [0.25, 0.3) is 5.91 Å². The molecule has 29 heavy (non-hydrogen) atoms. The van der Waals surface area contributed by atoms with Gasteiger partial charge in [-0.25, -0.2) is 8.42 Å². The number of hydrogen-bond acceptors (Lipinski definition) is 4. The molecule has 2 aromatic rings. The van der Waals surface area contributed by atoms with Gasteiger partial charge in [-0.3, -0.25) is 4.79 Å². The lowest BCUT2D eigenvalue weighted by molar-refractivity contribution is -0.122. The second kappa shape index (κ2) is 8.97. The van der Waals surface area contributed by atoms with Crippen molar-refractivity contribution in [3.63, 3.8) is 0 Å². The SMILES string of the molecule is Cc1cccc(C)c1O[C@H](C)C(=O)Nc1ccc(S(=O)(=O)N2CCCCC2)cc1. The van der Waals surface area contributed by atoms with Crippen molar-refractivity contribution in [3.05, 3.63) is 53.6 Å². The summed E-state index contributed by atoms with van der Waals surface area (Å²) in [7, 11) is -3.48. The standard InChI is InChI=1S/C22H28N2O4S/c1-16-8-7-9-17(2)21(16)28-18(3)22(25)23-19-10-12-20(13-11-19)29(26,27)24-14-5-4-6-15-24/h7-13,18H,4-6,14-15H2,1-3H3,(H,23,25)/t18-/m1/s1. The van der Waals surface area contributed by atoms with E-state index in [0.717, 1.165) is 30.4 Å². The van der Waals surface area contributed by atoms with Crippen LogP contribution in [0, 0.1) is 13.8 Å². The Labute approximate surface area is 172 Å². The molecule has 1 aliphatic heterocycles. The van der Waals surface area contributed by atoms with Gasteiger partial charge in [-0.05, 0) is 69.0 Å². The Morgan fingerprint density at radius 3 is 2.17 bits per heavy atom. The smallest absolute Gasteiger partial charge is 0.265 e. The average molecular weight is 417 g/mol. The van der Waals surface area contributed by atoms with Crippen molar-refractivity contribution in [1.82, 2.24) is 4.31 Å². The van der Waals surface area contributed by atoms with Gasteiger partial charge in [-0.1, -0.05) is 24.6 Å². The number of carbonyl (C=O) groups excluding carboxylic acids is 1. The Bertz CT molecular complexity index is 945. The highest BCUT2D eigenvalue weighted by Gasteiger charge is 2.26. The van der Waals surface area contributed by atoms with Crippen LogP contribution in [-0.4, -0.2) is 37.8 Å². The molecule has 0 aliphatic carbocycles. The zero-order valence-corrected chi connectivity index (χ0v) is 18.0. The van der Waals surface area contributed by atoms with E-state index in [-0.39, 0.29) is 10.8 Å². The minimum atomic E-state index is -3.48. The normalized spacial score (nSPS) is 16.2. The summed E-state index contributed by atoms with van der Waals surface area (Å²) in [6.07, 6.45) is 2.17. The molecule has 6 nitrogen and oxygen atoms in total. The molecule has 0 unspecified atom stereocenters. The van der Waals surface area contributed by atoms with Crippen LogP contribution in [-0.2, 0) is 14.8 Å². The van der Waals surface area contributed by atoms with Gasteiger partial charge in [0, 0.05) is 18.8 Å². The summed E-state index contributed by atoms with van der Waals surface area (Å²) in [6, 6.07) is 12.1. The molecule has 0 aromatic heterocycles. The summed E-state index contributed by atoms with van der Waals surface area (Å²) in [5.74, 6) is 0.414. The number of para-hydroxylation sites is 1. The first-order chi connectivity index (χ1) is 13.8. The number of anilines is 1. The summed E-state index contributed by atoms with van der Waals surface area (Å²) < 4.78 is 32.8. The molecular formula is C22H28N2O4S.